The lowest BCUT2D eigenvalue weighted by Crippen LogP contribution is -2.35. The molecule has 4 heteroatoms. The number of anilines is 1. The van der Waals surface area contributed by atoms with E-state index in [0.29, 0.717) is 6.61 Å². The largest absolute Gasteiger partial charge is 0.465 e. The van der Waals surface area contributed by atoms with E-state index in [1.54, 1.807) is 0 Å². The van der Waals surface area contributed by atoms with Crippen LogP contribution in [0.15, 0.2) is 30.3 Å². The first kappa shape index (κ1) is 14.1. The Kier molecular flexibility index (Phi) is 3.95. The van der Waals surface area contributed by atoms with Gasteiger partial charge in [0, 0.05) is 17.5 Å². The van der Waals surface area contributed by atoms with Gasteiger partial charge in [0.05, 0.1) is 12.5 Å². The highest BCUT2D eigenvalue weighted by Crippen LogP contribution is 2.48. The van der Waals surface area contributed by atoms with Crippen LogP contribution in [-0.4, -0.2) is 18.5 Å². The summed E-state index contributed by atoms with van der Waals surface area (Å²) in [5.41, 5.74) is 0.676. The number of rotatable bonds is 3. The lowest BCUT2D eigenvalue weighted by Gasteiger charge is -2.35. The number of ether oxygens (including phenoxy) is 1. The van der Waals surface area contributed by atoms with Crippen LogP contribution < -0.4 is 5.32 Å². The molecule has 1 aliphatic heterocycles. The smallest absolute Gasteiger partial charge is 0.310 e. The highest BCUT2D eigenvalue weighted by Gasteiger charge is 2.50. The number of amides is 1. The Morgan fingerprint density at radius 2 is 1.90 bits per heavy atom. The molecule has 1 atom stereocenters. The molecular formula is C17H21NO3. The van der Waals surface area contributed by atoms with E-state index < -0.39 is 0 Å². The van der Waals surface area contributed by atoms with E-state index in [-0.39, 0.29) is 29.6 Å². The van der Waals surface area contributed by atoms with Crippen LogP contribution in [0.25, 0.3) is 0 Å². The molecule has 1 N–H and O–H groups in total. The average molecular weight is 287 g/mol. The molecule has 1 spiro atoms. The van der Waals surface area contributed by atoms with Gasteiger partial charge in [-0.05, 0) is 25.0 Å². The summed E-state index contributed by atoms with van der Waals surface area (Å²) < 4.78 is 5.29. The number of carbonyl (C=O) groups is 2. The molecule has 1 aliphatic carbocycles. The molecular weight excluding hydrogens is 266 g/mol. The van der Waals surface area contributed by atoms with E-state index in [1.807, 2.05) is 30.3 Å². The zero-order chi connectivity index (χ0) is 14.7. The molecule has 112 valence electrons. The second-order valence-electron chi connectivity index (χ2n) is 6.20. The summed E-state index contributed by atoms with van der Waals surface area (Å²) in [4.78, 5) is 24.3. The Balaban J connectivity index is 1.67. The molecule has 2 fully saturated rings. The molecule has 1 saturated heterocycles. The van der Waals surface area contributed by atoms with E-state index in [4.69, 9.17) is 4.74 Å². The summed E-state index contributed by atoms with van der Waals surface area (Å²) in [7, 11) is 0. The van der Waals surface area contributed by atoms with E-state index in [0.717, 1.165) is 31.4 Å². The maximum Gasteiger partial charge on any atom is 0.310 e. The molecule has 0 bridgehead atoms. The van der Waals surface area contributed by atoms with Crippen LogP contribution in [0.3, 0.4) is 0 Å². The zero-order valence-electron chi connectivity index (χ0n) is 12.1. The molecule has 2 aliphatic rings. The van der Waals surface area contributed by atoms with Crippen LogP contribution in [-0.2, 0) is 14.3 Å². The summed E-state index contributed by atoms with van der Waals surface area (Å²) in [6.07, 6.45) is 5.72. The molecule has 0 aromatic heterocycles. The SMILES string of the molecule is O=C(C[C@H]1C(=O)OCC12CCCCC2)Nc1ccccc1. The summed E-state index contributed by atoms with van der Waals surface area (Å²) in [5.74, 6) is -0.573. The predicted molar refractivity (Wildman–Crippen MR) is 79.7 cm³/mol. The van der Waals surface area contributed by atoms with Crippen molar-refractivity contribution in [2.45, 2.75) is 38.5 Å². The van der Waals surface area contributed by atoms with Crippen molar-refractivity contribution >= 4 is 17.6 Å². The number of hydrogen-bond donors (Lipinski definition) is 1. The van der Waals surface area contributed by atoms with Gasteiger partial charge in [0.1, 0.15) is 0 Å². The van der Waals surface area contributed by atoms with Crippen molar-refractivity contribution in [2.24, 2.45) is 11.3 Å². The molecule has 21 heavy (non-hydrogen) atoms. The van der Waals surface area contributed by atoms with Crippen molar-refractivity contribution in [1.82, 2.24) is 0 Å². The lowest BCUT2D eigenvalue weighted by molar-refractivity contribution is -0.142. The topological polar surface area (TPSA) is 55.4 Å². The first-order chi connectivity index (χ1) is 10.2. The van der Waals surface area contributed by atoms with E-state index >= 15 is 0 Å². The summed E-state index contributed by atoms with van der Waals surface area (Å²) in [6, 6.07) is 9.35. The average Bonchev–Trinajstić information content (AvgIpc) is 2.79. The van der Waals surface area contributed by atoms with Crippen molar-refractivity contribution in [3.8, 4) is 0 Å². The molecule has 1 amide bonds. The minimum Gasteiger partial charge on any atom is -0.465 e. The van der Waals surface area contributed by atoms with Gasteiger partial charge in [0.15, 0.2) is 0 Å². The minimum absolute atomic E-state index is 0.0939. The summed E-state index contributed by atoms with van der Waals surface area (Å²) >= 11 is 0. The van der Waals surface area contributed by atoms with Gasteiger partial charge in [-0.25, -0.2) is 0 Å². The predicted octanol–water partition coefficient (Wildman–Crippen LogP) is 3.14. The van der Waals surface area contributed by atoms with Crippen molar-refractivity contribution in [3.05, 3.63) is 30.3 Å². The van der Waals surface area contributed by atoms with Gasteiger partial charge < -0.3 is 10.1 Å². The molecule has 0 radical (unpaired) electrons. The normalized spacial score (nSPS) is 23.8. The monoisotopic (exact) mass is 287 g/mol. The van der Waals surface area contributed by atoms with Gasteiger partial charge in [0.25, 0.3) is 0 Å². The second-order valence-corrected chi connectivity index (χ2v) is 6.20. The third-order valence-electron chi connectivity index (χ3n) is 4.82. The Bertz CT molecular complexity index is 520. The molecule has 1 saturated carbocycles. The van der Waals surface area contributed by atoms with Crippen molar-refractivity contribution in [2.75, 3.05) is 11.9 Å². The number of para-hydroxylation sites is 1. The fraction of sp³-hybridized carbons (Fsp3) is 0.529. The van der Waals surface area contributed by atoms with Crippen LogP contribution in [0.2, 0.25) is 0 Å². The Hall–Kier alpha value is -1.84. The van der Waals surface area contributed by atoms with Crippen LogP contribution >= 0.6 is 0 Å². The first-order valence-corrected chi connectivity index (χ1v) is 7.71. The van der Waals surface area contributed by atoms with Crippen LogP contribution in [0.1, 0.15) is 38.5 Å². The molecule has 1 heterocycles. The highest BCUT2D eigenvalue weighted by atomic mass is 16.5. The molecule has 1 aromatic rings. The highest BCUT2D eigenvalue weighted by molar-refractivity contribution is 5.93. The van der Waals surface area contributed by atoms with E-state index in [9.17, 15) is 9.59 Å². The van der Waals surface area contributed by atoms with Crippen LogP contribution in [0, 0.1) is 11.3 Å². The minimum atomic E-state index is -0.276. The fourth-order valence-electron chi connectivity index (χ4n) is 3.63. The molecule has 3 rings (SSSR count). The number of benzene rings is 1. The number of hydrogen-bond acceptors (Lipinski definition) is 3. The van der Waals surface area contributed by atoms with Crippen LogP contribution in [0.5, 0.6) is 0 Å². The molecule has 0 unspecified atom stereocenters. The summed E-state index contributed by atoms with van der Waals surface area (Å²) in [6.45, 7) is 0.495. The quantitative estimate of drug-likeness (QED) is 0.869. The number of esters is 1. The summed E-state index contributed by atoms with van der Waals surface area (Å²) in [5, 5.41) is 2.86. The second kappa shape index (κ2) is 5.88. The van der Waals surface area contributed by atoms with Crippen molar-refractivity contribution in [3.63, 3.8) is 0 Å². The molecule has 1 aromatic carbocycles. The number of carbonyl (C=O) groups excluding carboxylic acids is 2. The van der Waals surface area contributed by atoms with Gasteiger partial charge >= 0.3 is 5.97 Å². The van der Waals surface area contributed by atoms with Crippen molar-refractivity contribution < 1.29 is 14.3 Å². The standard InChI is InChI=1S/C17H21NO3/c19-15(18-13-7-3-1-4-8-13)11-14-16(20)21-12-17(14)9-5-2-6-10-17/h1,3-4,7-8,14H,2,5-6,9-12H2,(H,18,19)/t14-/m0/s1. The van der Waals surface area contributed by atoms with Gasteiger partial charge in [-0.3, -0.25) is 9.59 Å². The molecule has 4 nitrogen and oxygen atoms in total. The van der Waals surface area contributed by atoms with Gasteiger partial charge in [0.2, 0.25) is 5.91 Å². The Labute approximate surface area is 124 Å². The maximum absolute atomic E-state index is 12.2. The van der Waals surface area contributed by atoms with Gasteiger partial charge in [-0.1, -0.05) is 37.5 Å². The van der Waals surface area contributed by atoms with Crippen molar-refractivity contribution in [1.29, 1.82) is 0 Å². The third-order valence-corrected chi connectivity index (χ3v) is 4.82. The Morgan fingerprint density at radius 1 is 1.19 bits per heavy atom. The fourth-order valence-corrected chi connectivity index (χ4v) is 3.63. The third kappa shape index (κ3) is 2.94. The number of cyclic esters (lactones) is 1. The lowest BCUT2D eigenvalue weighted by atomic mass is 9.66. The van der Waals surface area contributed by atoms with Crippen LogP contribution in [0.4, 0.5) is 5.69 Å². The Morgan fingerprint density at radius 3 is 2.62 bits per heavy atom. The van der Waals surface area contributed by atoms with E-state index in [1.165, 1.54) is 6.42 Å². The number of nitrogens with one attached hydrogen (secondary N) is 1. The first-order valence-electron chi connectivity index (χ1n) is 7.71. The maximum atomic E-state index is 12.2. The zero-order valence-corrected chi connectivity index (χ0v) is 12.1. The van der Waals surface area contributed by atoms with Gasteiger partial charge in [-0.2, -0.15) is 0 Å². The van der Waals surface area contributed by atoms with E-state index in [2.05, 4.69) is 5.32 Å². The van der Waals surface area contributed by atoms with Gasteiger partial charge in [-0.15, -0.1) is 0 Å².